The summed E-state index contributed by atoms with van der Waals surface area (Å²) in [5, 5.41) is 2.60. The van der Waals surface area contributed by atoms with E-state index in [0.29, 0.717) is 0 Å². The Hall–Kier alpha value is -9.88. The molecule has 0 radical (unpaired) electrons. The van der Waals surface area contributed by atoms with Gasteiger partial charge < -0.3 is 0 Å². The fraction of sp³-hybridized carbons (Fsp3) is 0.174. The first-order valence-corrected chi connectivity index (χ1v) is 33.5. The van der Waals surface area contributed by atoms with Gasteiger partial charge in [0, 0.05) is 10.8 Å². The first-order chi connectivity index (χ1) is 44.8. The van der Waals surface area contributed by atoms with E-state index < -0.39 is 16.2 Å². The third kappa shape index (κ3) is 7.83. The van der Waals surface area contributed by atoms with Gasteiger partial charge in [0.25, 0.3) is 0 Å². The Labute approximate surface area is 544 Å². The third-order valence-corrected chi connectivity index (χ3v) is 22.8. The van der Waals surface area contributed by atoms with Gasteiger partial charge in [-0.05, 0) is 228 Å². The standard InChI is InChI=1S/C92H76/c1-9-62-54-83(86-76-26-14-17-30-80(76)92(84(86)55-62,68-43-34-58(3)35-44-68)69-45-36-59(4)37-46-69)90(8)82-52-61(6)66(56-77(82)74-49-40-64-21-10-11-23-71(64)88(74)90)53-63-38-47-70(48-39-63)91(67-41-32-57(2)33-42-67)79-29-16-13-25-75(79)85-65(22-19-31-81(85)91)50-51-89(7)78-28-15-12-24-72(78)73-27-18-20-60(5)87(73)89/h10-49,52,54-56H,9,50-51,53H2,1-8H3. The molecule has 3 atom stereocenters. The first-order valence-electron chi connectivity index (χ1n) is 33.5. The maximum Gasteiger partial charge on any atom is 0.0713 e. The van der Waals surface area contributed by atoms with Crippen LogP contribution in [0.25, 0.3) is 55.3 Å². The van der Waals surface area contributed by atoms with Gasteiger partial charge in [-0.25, -0.2) is 0 Å². The molecule has 4 aliphatic rings. The molecule has 0 heteroatoms. The van der Waals surface area contributed by atoms with Crippen LogP contribution in [0.4, 0.5) is 0 Å². The summed E-state index contributed by atoms with van der Waals surface area (Å²) in [5.41, 5.74) is 39.0. The highest BCUT2D eigenvalue weighted by molar-refractivity contribution is 6.01. The van der Waals surface area contributed by atoms with Crippen LogP contribution in [0.3, 0.4) is 0 Å². The lowest BCUT2D eigenvalue weighted by atomic mass is 9.65. The van der Waals surface area contributed by atoms with Gasteiger partial charge in [0.05, 0.1) is 10.8 Å². The van der Waals surface area contributed by atoms with Crippen LogP contribution in [0.2, 0.25) is 0 Å². The Morgan fingerprint density at radius 1 is 0.315 bits per heavy atom. The van der Waals surface area contributed by atoms with Gasteiger partial charge in [-0.2, -0.15) is 0 Å². The van der Waals surface area contributed by atoms with E-state index in [0.717, 1.165) is 25.7 Å². The topological polar surface area (TPSA) is 0 Å². The SMILES string of the molecule is CCc1cc(C2(C)c3cc(C)c(Cc4ccc(C5(c6ccc(C)cc6)c6ccccc6-c6c(CCC7(C)c8ccccc8-c8cccc(C)c87)cccc65)cc4)cc3-c3ccc4ccccc4c32)c2c(c1)C(c1ccc(C)cc1)(c1ccc(C)cc1)c1ccccc1-2. The van der Waals surface area contributed by atoms with Crippen LogP contribution in [-0.4, -0.2) is 0 Å². The Morgan fingerprint density at radius 2 is 0.826 bits per heavy atom. The van der Waals surface area contributed by atoms with Crippen molar-refractivity contribution in [2.75, 3.05) is 0 Å². The molecule has 0 aromatic heterocycles. The van der Waals surface area contributed by atoms with E-state index in [1.54, 1.807) is 0 Å². The van der Waals surface area contributed by atoms with Crippen molar-refractivity contribution in [2.45, 2.75) is 103 Å². The van der Waals surface area contributed by atoms with Crippen molar-refractivity contribution in [1.82, 2.24) is 0 Å². The van der Waals surface area contributed by atoms with Crippen molar-refractivity contribution >= 4 is 10.8 Å². The van der Waals surface area contributed by atoms with Gasteiger partial charge in [-0.3, -0.25) is 0 Å². The monoisotopic (exact) mass is 1180 g/mol. The molecular formula is C92H76. The minimum Gasteiger partial charge on any atom is -0.0619 e. The number of benzene rings is 13. The molecule has 0 amide bonds. The summed E-state index contributed by atoms with van der Waals surface area (Å²) in [7, 11) is 0. The molecule has 0 aliphatic heterocycles. The summed E-state index contributed by atoms with van der Waals surface area (Å²) in [4.78, 5) is 0. The normalized spacial score (nSPS) is 18.2. The second-order valence-corrected chi connectivity index (χ2v) is 27.9. The van der Waals surface area contributed by atoms with E-state index >= 15 is 0 Å². The highest BCUT2D eigenvalue weighted by Crippen LogP contribution is 2.64. The van der Waals surface area contributed by atoms with E-state index in [2.05, 4.69) is 322 Å². The van der Waals surface area contributed by atoms with Crippen LogP contribution >= 0.6 is 0 Å². The third-order valence-electron chi connectivity index (χ3n) is 22.8. The summed E-state index contributed by atoms with van der Waals surface area (Å²) >= 11 is 0. The van der Waals surface area contributed by atoms with Crippen LogP contribution in [0.15, 0.2) is 267 Å². The highest BCUT2D eigenvalue weighted by atomic mass is 14.5. The van der Waals surface area contributed by atoms with E-state index in [1.807, 2.05) is 0 Å². The fourth-order valence-corrected chi connectivity index (χ4v) is 18.4. The van der Waals surface area contributed by atoms with E-state index in [9.17, 15) is 0 Å². The molecule has 0 saturated heterocycles. The first kappa shape index (κ1) is 56.1. The maximum absolute atomic E-state index is 2.60. The smallest absolute Gasteiger partial charge is 0.0619 e. The van der Waals surface area contributed by atoms with Gasteiger partial charge in [0.1, 0.15) is 0 Å². The predicted octanol–water partition coefficient (Wildman–Crippen LogP) is 22.5. The molecule has 0 bridgehead atoms. The summed E-state index contributed by atoms with van der Waals surface area (Å²) in [6.45, 7) is 18.7. The Bertz CT molecular complexity index is 5120. The Kier molecular flexibility index (Phi) is 12.7. The Morgan fingerprint density at radius 3 is 1.47 bits per heavy atom. The summed E-state index contributed by atoms with van der Waals surface area (Å²) < 4.78 is 0. The van der Waals surface area contributed by atoms with Gasteiger partial charge in [-0.1, -0.05) is 297 Å². The lowest BCUT2D eigenvalue weighted by Crippen LogP contribution is -2.30. The molecule has 3 unspecified atom stereocenters. The molecule has 0 saturated carbocycles. The highest BCUT2D eigenvalue weighted by Gasteiger charge is 2.52. The van der Waals surface area contributed by atoms with Crippen LogP contribution in [0.1, 0.15) is 150 Å². The molecule has 0 heterocycles. The van der Waals surface area contributed by atoms with E-state index in [1.165, 1.54) is 178 Å². The average molecular weight is 1180 g/mol. The molecule has 0 N–H and O–H groups in total. The fourth-order valence-electron chi connectivity index (χ4n) is 18.4. The largest absolute Gasteiger partial charge is 0.0713 e. The predicted molar refractivity (Wildman–Crippen MR) is 385 cm³/mol. The number of rotatable bonds is 11. The van der Waals surface area contributed by atoms with Crippen LogP contribution in [0.5, 0.6) is 0 Å². The van der Waals surface area contributed by atoms with Crippen molar-refractivity contribution < 1.29 is 0 Å². The van der Waals surface area contributed by atoms with E-state index in [4.69, 9.17) is 0 Å². The van der Waals surface area contributed by atoms with Gasteiger partial charge in [0.2, 0.25) is 0 Å². The lowest BCUT2D eigenvalue weighted by Gasteiger charge is -2.36. The summed E-state index contributed by atoms with van der Waals surface area (Å²) in [5.74, 6) is 0. The Balaban J connectivity index is 0.795. The van der Waals surface area contributed by atoms with Crippen LogP contribution in [-0.2, 0) is 40.9 Å². The average Bonchev–Trinajstić information content (AvgIpc) is 1.51. The zero-order valence-electron chi connectivity index (χ0n) is 54.2. The van der Waals surface area contributed by atoms with Crippen molar-refractivity contribution in [3.63, 3.8) is 0 Å². The zero-order valence-corrected chi connectivity index (χ0v) is 54.2. The number of hydrogen-bond donors (Lipinski definition) is 0. The molecule has 444 valence electrons. The second kappa shape index (κ2) is 20.8. The maximum atomic E-state index is 2.60. The minimum atomic E-state index is -0.524. The van der Waals surface area contributed by atoms with Gasteiger partial charge in [0.15, 0.2) is 0 Å². The summed E-state index contributed by atoms with van der Waals surface area (Å²) in [6, 6.07) is 104. The zero-order chi connectivity index (χ0) is 62.4. The molecule has 17 rings (SSSR count). The second-order valence-electron chi connectivity index (χ2n) is 27.9. The van der Waals surface area contributed by atoms with Gasteiger partial charge in [-0.15, -0.1) is 0 Å². The number of hydrogen-bond acceptors (Lipinski definition) is 0. The molecule has 0 fully saturated rings. The molecular weight excluding hydrogens is 1110 g/mol. The molecule has 4 aliphatic carbocycles. The summed E-state index contributed by atoms with van der Waals surface area (Å²) in [6.07, 6.45) is 3.72. The molecule has 92 heavy (non-hydrogen) atoms. The minimum absolute atomic E-state index is 0.109. The molecule has 0 nitrogen and oxygen atoms in total. The van der Waals surface area contributed by atoms with Crippen LogP contribution < -0.4 is 0 Å². The van der Waals surface area contributed by atoms with Gasteiger partial charge >= 0.3 is 0 Å². The molecule has 13 aromatic carbocycles. The van der Waals surface area contributed by atoms with Crippen molar-refractivity contribution in [1.29, 1.82) is 0 Å². The van der Waals surface area contributed by atoms with Crippen molar-refractivity contribution in [3.05, 3.63) is 389 Å². The van der Waals surface area contributed by atoms with E-state index in [-0.39, 0.29) is 5.41 Å². The van der Waals surface area contributed by atoms with Crippen molar-refractivity contribution in [3.8, 4) is 44.5 Å². The number of fused-ring (bicyclic) bond motifs is 14. The van der Waals surface area contributed by atoms with Crippen LogP contribution in [0, 0.1) is 34.6 Å². The molecule has 0 spiro atoms. The molecule has 13 aromatic rings. The number of aryl methyl sites for hydroxylation is 7. The quantitative estimate of drug-likeness (QED) is 0.121. The lowest BCUT2D eigenvalue weighted by molar-refractivity contribution is 0.530. The van der Waals surface area contributed by atoms with Crippen molar-refractivity contribution in [2.24, 2.45) is 0 Å².